The highest BCUT2D eigenvalue weighted by Crippen LogP contribution is 2.32. The molecule has 1 aromatic carbocycles. The molecule has 0 bridgehead atoms. The second kappa shape index (κ2) is 4.86. The number of hydrogen-bond donors (Lipinski definition) is 1. The Morgan fingerprint density at radius 2 is 2.41 bits per heavy atom. The van der Waals surface area contributed by atoms with Crippen LogP contribution in [-0.2, 0) is 4.74 Å². The van der Waals surface area contributed by atoms with Crippen molar-refractivity contribution in [2.75, 3.05) is 36.5 Å². The lowest BCUT2D eigenvalue weighted by Gasteiger charge is -2.33. The highest BCUT2D eigenvalue weighted by molar-refractivity contribution is 9.10. The van der Waals surface area contributed by atoms with Crippen LogP contribution >= 0.6 is 15.9 Å². The average Bonchev–Trinajstić information content (AvgIpc) is 2.82. The first-order chi connectivity index (χ1) is 8.33. The van der Waals surface area contributed by atoms with Crippen LogP contribution in [0.2, 0.25) is 0 Å². The van der Waals surface area contributed by atoms with Crippen molar-refractivity contribution in [3.63, 3.8) is 0 Å². The van der Waals surface area contributed by atoms with Crippen molar-refractivity contribution >= 4 is 27.3 Å². The van der Waals surface area contributed by atoms with E-state index in [9.17, 15) is 0 Å². The zero-order chi connectivity index (χ0) is 11.7. The minimum atomic E-state index is 0.421. The third-order valence-corrected chi connectivity index (χ3v) is 3.94. The van der Waals surface area contributed by atoms with Gasteiger partial charge in [-0.05, 0) is 31.0 Å². The van der Waals surface area contributed by atoms with Gasteiger partial charge in [0.05, 0.1) is 17.5 Å². The Morgan fingerprint density at radius 3 is 3.24 bits per heavy atom. The zero-order valence-corrected chi connectivity index (χ0v) is 11.4. The van der Waals surface area contributed by atoms with E-state index in [1.807, 2.05) is 0 Å². The van der Waals surface area contributed by atoms with Crippen LogP contribution in [-0.4, -0.2) is 32.3 Å². The van der Waals surface area contributed by atoms with Crippen molar-refractivity contribution in [2.45, 2.75) is 18.9 Å². The fourth-order valence-electron chi connectivity index (χ4n) is 2.60. The lowest BCUT2D eigenvalue weighted by molar-refractivity contribution is 0.115. The monoisotopic (exact) mass is 296 g/mol. The summed E-state index contributed by atoms with van der Waals surface area (Å²) in [4.78, 5) is 2.44. The number of benzene rings is 1. The van der Waals surface area contributed by atoms with Gasteiger partial charge in [0.1, 0.15) is 0 Å². The minimum Gasteiger partial charge on any atom is -0.382 e. The number of hydrogen-bond acceptors (Lipinski definition) is 3. The van der Waals surface area contributed by atoms with E-state index < -0.39 is 0 Å². The van der Waals surface area contributed by atoms with Gasteiger partial charge in [-0.1, -0.05) is 15.9 Å². The molecule has 0 spiro atoms. The maximum atomic E-state index is 5.72. The predicted molar refractivity (Wildman–Crippen MR) is 73.8 cm³/mol. The SMILES string of the molecule is Brc1ccc2c(c1)NCCN2CC1CCCO1. The highest BCUT2D eigenvalue weighted by atomic mass is 79.9. The summed E-state index contributed by atoms with van der Waals surface area (Å²) in [5, 5.41) is 3.45. The van der Waals surface area contributed by atoms with Gasteiger partial charge in [0.15, 0.2) is 0 Å². The summed E-state index contributed by atoms with van der Waals surface area (Å²) < 4.78 is 6.85. The summed E-state index contributed by atoms with van der Waals surface area (Å²) in [5.74, 6) is 0. The number of ether oxygens (including phenoxy) is 1. The summed E-state index contributed by atoms with van der Waals surface area (Å²) in [6.07, 6.45) is 2.84. The van der Waals surface area contributed by atoms with Crippen molar-refractivity contribution < 1.29 is 4.74 Å². The first-order valence-corrected chi connectivity index (χ1v) is 7.02. The largest absolute Gasteiger partial charge is 0.382 e. The van der Waals surface area contributed by atoms with Crippen molar-refractivity contribution in [1.29, 1.82) is 0 Å². The molecule has 1 N–H and O–H groups in total. The number of fused-ring (bicyclic) bond motifs is 1. The van der Waals surface area contributed by atoms with E-state index in [0.29, 0.717) is 6.10 Å². The Balaban J connectivity index is 1.78. The van der Waals surface area contributed by atoms with Crippen LogP contribution < -0.4 is 10.2 Å². The summed E-state index contributed by atoms with van der Waals surface area (Å²) in [6.45, 7) is 4.03. The third kappa shape index (κ3) is 2.43. The van der Waals surface area contributed by atoms with Crippen LogP contribution in [0.1, 0.15) is 12.8 Å². The topological polar surface area (TPSA) is 24.5 Å². The van der Waals surface area contributed by atoms with E-state index in [1.165, 1.54) is 24.2 Å². The second-order valence-electron chi connectivity index (χ2n) is 4.67. The molecule has 1 unspecified atom stereocenters. The molecule has 4 heteroatoms. The van der Waals surface area contributed by atoms with Crippen LogP contribution in [0.25, 0.3) is 0 Å². The zero-order valence-electron chi connectivity index (χ0n) is 9.79. The quantitative estimate of drug-likeness (QED) is 0.908. The van der Waals surface area contributed by atoms with Crippen LogP contribution in [0.3, 0.4) is 0 Å². The summed E-state index contributed by atoms with van der Waals surface area (Å²) >= 11 is 3.52. The van der Waals surface area contributed by atoms with E-state index in [4.69, 9.17) is 4.74 Å². The molecule has 17 heavy (non-hydrogen) atoms. The molecule has 1 fully saturated rings. The molecule has 0 aliphatic carbocycles. The van der Waals surface area contributed by atoms with Gasteiger partial charge in [-0.2, -0.15) is 0 Å². The Kier molecular flexibility index (Phi) is 3.25. The summed E-state index contributed by atoms with van der Waals surface area (Å²) in [7, 11) is 0. The first-order valence-electron chi connectivity index (χ1n) is 6.23. The molecule has 2 aliphatic rings. The number of nitrogens with one attached hydrogen (secondary N) is 1. The van der Waals surface area contributed by atoms with Crippen LogP contribution in [0, 0.1) is 0 Å². The molecule has 0 saturated carbocycles. The van der Waals surface area contributed by atoms with E-state index in [-0.39, 0.29) is 0 Å². The molecule has 0 amide bonds. The van der Waals surface area contributed by atoms with Crippen molar-refractivity contribution in [3.8, 4) is 0 Å². The standard InChI is InChI=1S/C13H17BrN2O/c14-10-3-4-13-12(8-10)15-5-6-16(13)9-11-2-1-7-17-11/h3-4,8,11,15H,1-2,5-7,9H2. The van der Waals surface area contributed by atoms with E-state index in [1.54, 1.807) is 0 Å². The lowest BCUT2D eigenvalue weighted by Crippen LogP contribution is -2.39. The molecule has 3 nitrogen and oxygen atoms in total. The van der Waals surface area contributed by atoms with Gasteiger partial charge < -0.3 is 15.0 Å². The van der Waals surface area contributed by atoms with Gasteiger partial charge in [0.2, 0.25) is 0 Å². The molecular weight excluding hydrogens is 280 g/mol. The fourth-order valence-corrected chi connectivity index (χ4v) is 2.96. The minimum absolute atomic E-state index is 0.421. The van der Waals surface area contributed by atoms with E-state index in [0.717, 1.165) is 30.7 Å². The maximum Gasteiger partial charge on any atom is 0.0750 e. The highest BCUT2D eigenvalue weighted by Gasteiger charge is 2.22. The molecule has 1 aromatic rings. The molecule has 1 saturated heterocycles. The predicted octanol–water partition coefficient (Wildman–Crippen LogP) is 2.86. The van der Waals surface area contributed by atoms with Crippen molar-refractivity contribution in [2.24, 2.45) is 0 Å². The molecule has 1 atom stereocenters. The molecule has 92 valence electrons. The normalized spacial score (nSPS) is 23.4. The van der Waals surface area contributed by atoms with Crippen molar-refractivity contribution in [3.05, 3.63) is 22.7 Å². The van der Waals surface area contributed by atoms with Gasteiger partial charge >= 0.3 is 0 Å². The second-order valence-corrected chi connectivity index (χ2v) is 5.58. The number of nitrogens with zero attached hydrogens (tertiary/aromatic N) is 1. The molecule has 0 radical (unpaired) electrons. The van der Waals surface area contributed by atoms with Gasteiger partial charge in [-0.25, -0.2) is 0 Å². The Bertz CT molecular complexity index is 404. The van der Waals surface area contributed by atoms with Gasteiger partial charge in [-0.3, -0.25) is 0 Å². The smallest absolute Gasteiger partial charge is 0.0750 e. The summed E-state index contributed by atoms with van der Waals surface area (Å²) in [5.41, 5.74) is 2.53. The number of rotatable bonds is 2. The van der Waals surface area contributed by atoms with E-state index >= 15 is 0 Å². The Hall–Kier alpha value is -0.740. The molecule has 0 aromatic heterocycles. The first kappa shape index (κ1) is 11.4. The molecular formula is C13H17BrN2O. The molecule has 2 heterocycles. The number of halogens is 1. The van der Waals surface area contributed by atoms with Crippen molar-refractivity contribution in [1.82, 2.24) is 0 Å². The maximum absolute atomic E-state index is 5.72. The lowest BCUT2D eigenvalue weighted by atomic mass is 10.1. The van der Waals surface area contributed by atoms with Gasteiger partial charge in [-0.15, -0.1) is 0 Å². The Morgan fingerprint density at radius 1 is 1.47 bits per heavy atom. The third-order valence-electron chi connectivity index (χ3n) is 3.44. The fraction of sp³-hybridized carbons (Fsp3) is 0.538. The Labute approximate surface area is 110 Å². The van der Waals surface area contributed by atoms with Crippen LogP contribution in [0.4, 0.5) is 11.4 Å². The molecule has 2 aliphatic heterocycles. The number of anilines is 2. The van der Waals surface area contributed by atoms with Crippen LogP contribution in [0.15, 0.2) is 22.7 Å². The van der Waals surface area contributed by atoms with Gasteiger partial charge in [0, 0.05) is 30.7 Å². The molecule has 3 rings (SSSR count). The summed E-state index contributed by atoms with van der Waals surface area (Å²) in [6, 6.07) is 6.44. The van der Waals surface area contributed by atoms with Gasteiger partial charge in [0.25, 0.3) is 0 Å². The average molecular weight is 297 g/mol. The van der Waals surface area contributed by atoms with Crippen LogP contribution in [0.5, 0.6) is 0 Å². The van der Waals surface area contributed by atoms with E-state index in [2.05, 4.69) is 44.3 Å².